The molecule has 0 aromatic heterocycles. The van der Waals surface area contributed by atoms with Gasteiger partial charge in [-0.3, -0.25) is 0 Å². The number of hydrogen-bond acceptors (Lipinski definition) is 0. The van der Waals surface area contributed by atoms with E-state index in [9.17, 15) is 0 Å². The van der Waals surface area contributed by atoms with Crippen molar-refractivity contribution >= 4 is 12.4 Å². The van der Waals surface area contributed by atoms with E-state index < -0.39 is 0 Å². The molecule has 0 saturated carbocycles. The first kappa shape index (κ1) is 689. The van der Waals surface area contributed by atoms with Gasteiger partial charge in [0.25, 0.3) is 0 Å². The van der Waals surface area contributed by atoms with E-state index >= 15 is 0 Å². The van der Waals surface area contributed by atoms with Gasteiger partial charge in [0.2, 0.25) is 0 Å². The van der Waals surface area contributed by atoms with Crippen LogP contribution in [0, 0.1) is 0 Å². The summed E-state index contributed by atoms with van der Waals surface area (Å²) < 4.78 is 0. The summed E-state index contributed by atoms with van der Waals surface area (Å²) in [5, 5.41) is 0. The standard InChI is InChI=1S/ClH.Cr.Cu.6H2O/h1H;;;6*1H2. The molecule has 0 unspecified atom stereocenters. The molecule has 0 aromatic carbocycles. The zero-order chi connectivity index (χ0) is 0. The normalized spacial score (nSPS) is 0. The SMILES string of the molecule is Cl.O.O.O.O.O.O.[Cr].[Cu]. The van der Waals surface area contributed by atoms with Gasteiger partial charge in [0.1, 0.15) is 0 Å². The van der Waals surface area contributed by atoms with E-state index in [2.05, 4.69) is 0 Å². The van der Waals surface area contributed by atoms with Gasteiger partial charge in [-0.2, -0.15) is 0 Å². The minimum absolute atomic E-state index is 0. The van der Waals surface area contributed by atoms with Gasteiger partial charge in [-0.1, -0.05) is 0 Å². The summed E-state index contributed by atoms with van der Waals surface area (Å²) in [4.78, 5) is 0. The van der Waals surface area contributed by atoms with Crippen molar-refractivity contribution in [1.82, 2.24) is 0 Å². The zero-order valence-electron chi connectivity index (χ0n) is 4.12. The molecule has 9 heavy (non-hydrogen) atoms. The molecule has 12 N–H and O–H groups in total. The second kappa shape index (κ2) is 492. The van der Waals surface area contributed by atoms with E-state index in [1.54, 1.807) is 0 Å². The van der Waals surface area contributed by atoms with Gasteiger partial charge in [-0.15, -0.1) is 12.4 Å². The molecule has 0 aliphatic carbocycles. The summed E-state index contributed by atoms with van der Waals surface area (Å²) in [6, 6.07) is 0. The van der Waals surface area contributed by atoms with E-state index in [4.69, 9.17) is 0 Å². The molecular formula is H13ClCrCuO6. The maximum atomic E-state index is 0. The summed E-state index contributed by atoms with van der Waals surface area (Å²) >= 11 is 0. The average molecular weight is 260 g/mol. The third-order valence-corrected chi connectivity index (χ3v) is 0. The van der Waals surface area contributed by atoms with E-state index in [1.807, 2.05) is 0 Å². The molecular weight excluding hydrogens is 247 g/mol. The molecule has 0 aliphatic heterocycles. The fourth-order valence-electron chi connectivity index (χ4n) is 0. The summed E-state index contributed by atoms with van der Waals surface area (Å²) in [6.07, 6.45) is 0. The molecule has 73 valence electrons. The Morgan fingerprint density at radius 3 is 0.444 bits per heavy atom. The van der Waals surface area contributed by atoms with Crippen molar-refractivity contribution in [2.24, 2.45) is 0 Å². The molecule has 1 radical (unpaired) electrons. The van der Waals surface area contributed by atoms with E-state index in [0.29, 0.717) is 0 Å². The van der Waals surface area contributed by atoms with Crippen LogP contribution in [0.5, 0.6) is 0 Å². The average Bonchev–Trinajstić information content (AvgIpc) is 0. The second-order valence-corrected chi connectivity index (χ2v) is 0. The molecule has 0 heterocycles. The summed E-state index contributed by atoms with van der Waals surface area (Å²) in [7, 11) is 0. The molecule has 6 nitrogen and oxygen atoms in total. The van der Waals surface area contributed by atoms with Gasteiger partial charge in [-0.05, 0) is 0 Å². The van der Waals surface area contributed by atoms with Gasteiger partial charge in [-0.25, -0.2) is 0 Å². The monoisotopic (exact) mass is 259 g/mol. The number of hydrogen-bond donors (Lipinski definition) is 0. The Morgan fingerprint density at radius 2 is 0.444 bits per heavy atom. The molecule has 0 aromatic rings. The van der Waals surface area contributed by atoms with E-state index in [-0.39, 0.29) is 79.7 Å². The van der Waals surface area contributed by atoms with E-state index in [1.165, 1.54) is 0 Å². The summed E-state index contributed by atoms with van der Waals surface area (Å²) in [5.41, 5.74) is 0. The maximum absolute atomic E-state index is 0. The molecule has 0 aliphatic rings. The van der Waals surface area contributed by atoms with Gasteiger partial charge in [0.05, 0.1) is 0 Å². The fraction of sp³-hybridized carbons (Fsp3) is 0. The summed E-state index contributed by atoms with van der Waals surface area (Å²) in [6.45, 7) is 0. The Kier molecular flexibility index (Phi) is 37700. The Labute approximate surface area is 79.9 Å². The maximum Gasteiger partial charge on any atom is 0 e. The van der Waals surface area contributed by atoms with Crippen molar-refractivity contribution in [3.8, 4) is 0 Å². The molecule has 9 heteroatoms. The molecule has 0 fully saturated rings. The predicted octanol–water partition coefficient (Wildman–Crippen LogP) is -4.53. The van der Waals surface area contributed by atoms with Crippen molar-refractivity contribution in [2.75, 3.05) is 0 Å². The topological polar surface area (TPSA) is 189 Å². The summed E-state index contributed by atoms with van der Waals surface area (Å²) in [5.74, 6) is 0. The van der Waals surface area contributed by atoms with Crippen LogP contribution in [0.25, 0.3) is 0 Å². The zero-order valence-corrected chi connectivity index (χ0v) is 7.15. The quantitative estimate of drug-likeness (QED) is 0.379. The first-order valence-corrected chi connectivity index (χ1v) is 0. The Bertz CT molecular complexity index is 13.0. The van der Waals surface area contributed by atoms with Gasteiger partial charge >= 0.3 is 0 Å². The van der Waals surface area contributed by atoms with Gasteiger partial charge < -0.3 is 32.9 Å². The van der Waals surface area contributed by atoms with Crippen LogP contribution in [0.2, 0.25) is 0 Å². The Hall–Kier alpha value is 1.10. The minimum atomic E-state index is 0. The molecule has 0 spiro atoms. The Morgan fingerprint density at radius 1 is 0.444 bits per heavy atom. The number of rotatable bonds is 0. The van der Waals surface area contributed by atoms with Crippen molar-refractivity contribution in [3.63, 3.8) is 0 Å². The third kappa shape index (κ3) is 378. The van der Waals surface area contributed by atoms with Crippen molar-refractivity contribution in [1.29, 1.82) is 0 Å². The smallest absolute Gasteiger partial charge is 0 e. The Balaban J connectivity index is 0. The van der Waals surface area contributed by atoms with Crippen LogP contribution in [0.1, 0.15) is 0 Å². The minimum Gasteiger partial charge on any atom is -0.412 e. The fourth-order valence-corrected chi connectivity index (χ4v) is 0. The molecule has 0 rings (SSSR count). The van der Waals surface area contributed by atoms with Crippen LogP contribution in [0.4, 0.5) is 0 Å². The van der Waals surface area contributed by atoms with Crippen LogP contribution in [-0.4, -0.2) is 32.9 Å². The second-order valence-electron chi connectivity index (χ2n) is 0. The third-order valence-electron chi connectivity index (χ3n) is 0. The molecule has 0 bridgehead atoms. The first-order valence-electron chi connectivity index (χ1n) is 0. The van der Waals surface area contributed by atoms with Crippen molar-refractivity contribution in [3.05, 3.63) is 0 Å². The van der Waals surface area contributed by atoms with Crippen LogP contribution in [0.15, 0.2) is 0 Å². The predicted molar refractivity (Wildman–Crippen MR) is 28.9 cm³/mol. The van der Waals surface area contributed by atoms with Crippen LogP contribution in [-0.2, 0) is 34.4 Å². The van der Waals surface area contributed by atoms with E-state index in [0.717, 1.165) is 0 Å². The van der Waals surface area contributed by atoms with Crippen molar-refractivity contribution in [2.45, 2.75) is 0 Å². The van der Waals surface area contributed by atoms with Crippen molar-refractivity contribution < 1.29 is 67.3 Å². The van der Waals surface area contributed by atoms with Crippen LogP contribution >= 0.6 is 12.4 Å². The number of halogens is 1. The van der Waals surface area contributed by atoms with Crippen LogP contribution in [0.3, 0.4) is 0 Å². The largest absolute Gasteiger partial charge is 0.412 e. The molecule has 0 atom stereocenters. The first-order chi connectivity index (χ1) is 0. The van der Waals surface area contributed by atoms with Gasteiger partial charge in [0, 0.05) is 34.4 Å². The van der Waals surface area contributed by atoms with Gasteiger partial charge in [0.15, 0.2) is 0 Å². The van der Waals surface area contributed by atoms with Crippen LogP contribution < -0.4 is 0 Å². The molecule has 0 saturated heterocycles. The molecule has 0 amide bonds.